The van der Waals surface area contributed by atoms with Gasteiger partial charge in [-0.2, -0.15) is 0 Å². The average molecular weight is 332 g/mol. The number of likely N-dealkylation sites (N-methyl/N-ethyl adjacent to an activating group) is 2. The standard InChI is InChI=1S/C16H20N4O4/c1-3-17-14(21)9-20(4-2)15(22)10-23-13-7-5-12(6-8-13)16-19-18-11-24-16/h5-8,11H,3-4,9-10H2,1-2H3,(H,17,21). The number of nitrogens with one attached hydrogen (secondary N) is 1. The van der Waals surface area contributed by atoms with E-state index in [1.165, 1.54) is 11.3 Å². The summed E-state index contributed by atoms with van der Waals surface area (Å²) < 4.78 is 10.6. The molecule has 2 rings (SSSR count). The van der Waals surface area contributed by atoms with Gasteiger partial charge >= 0.3 is 0 Å². The van der Waals surface area contributed by atoms with Crippen molar-refractivity contribution in [2.45, 2.75) is 13.8 Å². The Morgan fingerprint density at radius 1 is 1.25 bits per heavy atom. The lowest BCUT2D eigenvalue weighted by Gasteiger charge is -2.20. The molecule has 0 saturated carbocycles. The number of rotatable bonds is 8. The van der Waals surface area contributed by atoms with Crippen molar-refractivity contribution in [1.29, 1.82) is 0 Å². The smallest absolute Gasteiger partial charge is 0.260 e. The van der Waals surface area contributed by atoms with E-state index in [1.807, 2.05) is 13.8 Å². The molecule has 0 unspecified atom stereocenters. The molecule has 0 saturated heterocycles. The zero-order valence-electron chi connectivity index (χ0n) is 13.7. The molecule has 0 aliphatic carbocycles. The number of benzene rings is 1. The minimum Gasteiger partial charge on any atom is -0.484 e. The van der Waals surface area contributed by atoms with E-state index in [2.05, 4.69) is 15.5 Å². The maximum Gasteiger partial charge on any atom is 0.260 e. The number of ether oxygens (including phenoxy) is 1. The van der Waals surface area contributed by atoms with E-state index >= 15 is 0 Å². The molecule has 1 heterocycles. The van der Waals surface area contributed by atoms with Crippen LogP contribution in [-0.4, -0.2) is 53.2 Å². The number of aromatic nitrogens is 2. The number of hydrogen-bond acceptors (Lipinski definition) is 6. The summed E-state index contributed by atoms with van der Waals surface area (Å²) >= 11 is 0. The molecule has 8 nitrogen and oxygen atoms in total. The number of amides is 2. The Morgan fingerprint density at radius 3 is 2.58 bits per heavy atom. The average Bonchev–Trinajstić information content (AvgIpc) is 3.13. The number of nitrogens with zero attached hydrogens (tertiary/aromatic N) is 3. The van der Waals surface area contributed by atoms with Crippen LogP contribution in [0.3, 0.4) is 0 Å². The molecule has 1 N–H and O–H groups in total. The van der Waals surface area contributed by atoms with Crippen molar-refractivity contribution in [2.24, 2.45) is 0 Å². The lowest BCUT2D eigenvalue weighted by Crippen LogP contribution is -2.42. The van der Waals surface area contributed by atoms with Crippen molar-refractivity contribution < 1.29 is 18.7 Å². The first-order valence-electron chi connectivity index (χ1n) is 7.67. The molecular formula is C16H20N4O4. The van der Waals surface area contributed by atoms with E-state index in [-0.39, 0.29) is 25.0 Å². The number of carbonyl (C=O) groups excluding carboxylic acids is 2. The first kappa shape index (κ1) is 17.5. The maximum absolute atomic E-state index is 12.1. The fraction of sp³-hybridized carbons (Fsp3) is 0.375. The van der Waals surface area contributed by atoms with Crippen molar-refractivity contribution in [3.63, 3.8) is 0 Å². The van der Waals surface area contributed by atoms with Gasteiger partial charge in [0.25, 0.3) is 5.91 Å². The SMILES string of the molecule is CCNC(=O)CN(CC)C(=O)COc1ccc(-c2nnco2)cc1. The lowest BCUT2D eigenvalue weighted by molar-refractivity contribution is -0.137. The summed E-state index contributed by atoms with van der Waals surface area (Å²) in [7, 11) is 0. The Bertz CT molecular complexity index is 655. The van der Waals surface area contributed by atoms with E-state index in [9.17, 15) is 9.59 Å². The van der Waals surface area contributed by atoms with Crippen molar-refractivity contribution in [2.75, 3.05) is 26.2 Å². The minimum absolute atomic E-state index is 0.0304. The van der Waals surface area contributed by atoms with Crippen molar-refractivity contribution >= 4 is 11.8 Å². The van der Waals surface area contributed by atoms with Crippen molar-refractivity contribution in [1.82, 2.24) is 20.4 Å². The Balaban J connectivity index is 1.87. The van der Waals surface area contributed by atoms with Gasteiger partial charge in [0.05, 0.1) is 6.54 Å². The normalized spacial score (nSPS) is 10.2. The Hall–Kier alpha value is -2.90. The molecule has 2 amide bonds. The van der Waals surface area contributed by atoms with Gasteiger partial charge in [0.15, 0.2) is 6.61 Å². The first-order valence-corrected chi connectivity index (χ1v) is 7.67. The molecule has 0 fully saturated rings. The number of carbonyl (C=O) groups is 2. The Labute approximate surface area is 139 Å². The van der Waals surface area contributed by atoms with Crippen LogP contribution in [0.25, 0.3) is 11.5 Å². The highest BCUT2D eigenvalue weighted by Crippen LogP contribution is 2.20. The third-order valence-corrected chi connectivity index (χ3v) is 3.27. The highest BCUT2D eigenvalue weighted by atomic mass is 16.5. The van der Waals surface area contributed by atoms with Crippen LogP contribution in [-0.2, 0) is 9.59 Å². The maximum atomic E-state index is 12.1. The van der Waals surface area contributed by atoms with Crippen LogP contribution in [0.2, 0.25) is 0 Å². The number of hydrogen-bond donors (Lipinski definition) is 1. The van der Waals surface area contributed by atoms with Gasteiger partial charge in [-0.05, 0) is 38.1 Å². The van der Waals surface area contributed by atoms with Crippen LogP contribution in [0.5, 0.6) is 5.75 Å². The van der Waals surface area contributed by atoms with E-state index in [1.54, 1.807) is 24.3 Å². The fourth-order valence-electron chi connectivity index (χ4n) is 2.03. The molecular weight excluding hydrogens is 312 g/mol. The zero-order valence-corrected chi connectivity index (χ0v) is 13.7. The monoisotopic (exact) mass is 332 g/mol. The van der Waals surface area contributed by atoms with Gasteiger partial charge in [0, 0.05) is 18.7 Å². The van der Waals surface area contributed by atoms with Crippen LogP contribution >= 0.6 is 0 Å². The van der Waals surface area contributed by atoms with E-state index in [0.29, 0.717) is 24.7 Å². The summed E-state index contributed by atoms with van der Waals surface area (Å²) in [5.41, 5.74) is 0.762. The van der Waals surface area contributed by atoms with Gasteiger partial charge in [0.2, 0.25) is 18.2 Å². The van der Waals surface area contributed by atoms with Crippen molar-refractivity contribution in [3.8, 4) is 17.2 Å². The fourth-order valence-corrected chi connectivity index (χ4v) is 2.03. The molecule has 0 aliphatic heterocycles. The van der Waals surface area contributed by atoms with E-state index in [0.717, 1.165) is 5.56 Å². The molecule has 0 aliphatic rings. The van der Waals surface area contributed by atoms with Gasteiger partial charge in [-0.3, -0.25) is 9.59 Å². The predicted molar refractivity (Wildman–Crippen MR) is 86.2 cm³/mol. The third kappa shape index (κ3) is 4.80. The summed E-state index contributed by atoms with van der Waals surface area (Å²) in [6.07, 6.45) is 1.26. The van der Waals surface area contributed by atoms with Crippen LogP contribution in [0, 0.1) is 0 Å². The molecule has 1 aromatic heterocycles. The lowest BCUT2D eigenvalue weighted by atomic mass is 10.2. The second-order valence-electron chi connectivity index (χ2n) is 4.92. The molecule has 0 bridgehead atoms. The summed E-state index contributed by atoms with van der Waals surface area (Å²) in [6.45, 7) is 4.52. The highest BCUT2D eigenvalue weighted by Gasteiger charge is 2.15. The van der Waals surface area contributed by atoms with E-state index < -0.39 is 0 Å². The highest BCUT2D eigenvalue weighted by molar-refractivity contribution is 5.85. The summed E-state index contributed by atoms with van der Waals surface area (Å²) in [5.74, 6) is 0.527. The molecule has 128 valence electrons. The van der Waals surface area contributed by atoms with Gasteiger partial charge < -0.3 is 19.4 Å². The van der Waals surface area contributed by atoms with Crippen molar-refractivity contribution in [3.05, 3.63) is 30.7 Å². The van der Waals surface area contributed by atoms with Gasteiger partial charge in [-0.1, -0.05) is 0 Å². The minimum atomic E-state index is -0.246. The Kier molecular flexibility index (Phi) is 6.30. The molecule has 24 heavy (non-hydrogen) atoms. The van der Waals surface area contributed by atoms with Gasteiger partial charge in [-0.25, -0.2) is 0 Å². The topological polar surface area (TPSA) is 97.6 Å². The summed E-state index contributed by atoms with van der Waals surface area (Å²) in [5, 5.41) is 10.1. The van der Waals surface area contributed by atoms with Gasteiger partial charge in [0.1, 0.15) is 5.75 Å². The Morgan fingerprint density at radius 2 is 2.00 bits per heavy atom. The third-order valence-electron chi connectivity index (χ3n) is 3.27. The summed E-state index contributed by atoms with van der Waals surface area (Å²) in [6, 6.07) is 6.96. The summed E-state index contributed by atoms with van der Waals surface area (Å²) in [4.78, 5) is 25.1. The van der Waals surface area contributed by atoms with Crippen LogP contribution in [0.1, 0.15) is 13.8 Å². The van der Waals surface area contributed by atoms with Crippen LogP contribution in [0.15, 0.2) is 35.1 Å². The predicted octanol–water partition coefficient (Wildman–Crippen LogP) is 1.10. The molecule has 2 aromatic rings. The second-order valence-corrected chi connectivity index (χ2v) is 4.92. The molecule has 1 aromatic carbocycles. The van der Waals surface area contributed by atoms with Crippen LogP contribution < -0.4 is 10.1 Å². The molecule has 8 heteroatoms. The second kappa shape index (κ2) is 8.66. The quantitative estimate of drug-likeness (QED) is 0.777. The molecule has 0 atom stereocenters. The largest absolute Gasteiger partial charge is 0.484 e. The van der Waals surface area contributed by atoms with Gasteiger partial charge in [-0.15, -0.1) is 10.2 Å². The molecule has 0 spiro atoms. The van der Waals surface area contributed by atoms with Crippen LogP contribution in [0.4, 0.5) is 0 Å². The first-order chi connectivity index (χ1) is 11.6. The zero-order chi connectivity index (χ0) is 17.4. The molecule has 0 radical (unpaired) electrons. The van der Waals surface area contributed by atoms with E-state index in [4.69, 9.17) is 9.15 Å².